The highest BCUT2D eigenvalue weighted by Crippen LogP contribution is 2.32. The van der Waals surface area contributed by atoms with Crippen LogP contribution in [0, 0.1) is 0 Å². The van der Waals surface area contributed by atoms with Gasteiger partial charge < -0.3 is 42.4 Å². The van der Waals surface area contributed by atoms with Crippen LogP contribution in [0.4, 0.5) is 0 Å². The van der Waals surface area contributed by atoms with Crippen molar-refractivity contribution < 1.29 is 33.5 Å². The van der Waals surface area contributed by atoms with E-state index in [0.29, 0.717) is 38.5 Å². The van der Waals surface area contributed by atoms with Gasteiger partial charge in [0, 0.05) is 12.6 Å². The fraction of sp³-hybridized carbons (Fsp3) is 0.731. The van der Waals surface area contributed by atoms with E-state index >= 15 is 0 Å². The Kier molecular flexibility index (Phi) is 10.5. The van der Waals surface area contributed by atoms with Crippen molar-refractivity contribution in [2.45, 2.75) is 108 Å². The number of hydrogen-bond donors (Lipinski definition) is 6. The van der Waals surface area contributed by atoms with Gasteiger partial charge in [-0.05, 0) is 65.7 Å². The predicted molar refractivity (Wildman–Crippen MR) is 147 cm³/mol. The van der Waals surface area contributed by atoms with Crippen LogP contribution in [0.25, 0.3) is 0 Å². The van der Waals surface area contributed by atoms with E-state index in [0.717, 1.165) is 0 Å². The summed E-state index contributed by atoms with van der Waals surface area (Å²) in [6, 6.07) is -4.32. The fourth-order valence-corrected chi connectivity index (χ4v) is 5.36. The minimum atomic E-state index is -1.35. The SMILES string of the molecule is CC(C)(C)OC(=O)C[C@@H]1NC(=O)CNC(=O)[C@H](CCCN=C(N)N)NC(=O)[C@@H]2CC[C@H]3CCC[C@@H](NC1=O)C(=O)N32. The van der Waals surface area contributed by atoms with Gasteiger partial charge >= 0.3 is 5.97 Å². The van der Waals surface area contributed by atoms with E-state index in [9.17, 15) is 28.8 Å². The Balaban J connectivity index is 1.89. The molecule has 8 N–H and O–H groups in total. The van der Waals surface area contributed by atoms with Crippen LogP contribution in [0.5, 0.6) is 0 Å². The second-order valence-corrected chi connectivity index (χ2v) is 11.6. The summed E-state index contributed by atoms with van der Waals surface area (Å²) < 4.78 is 5.33. The highest BCUT2D eigenvalue weighted by atomic mass is 16.6. The van der Waals surface area contributed by atoms with E-state index in [1.165, 1.54) is 4.90 Å². The minimum absolute atomic E-state index is 0.104. The van der Waals surface area contributed by atoms with Crippen LogP contribution >= 0.6 is 0 Å². The maximum Gasteiger partial charge on any atom is 0.308 e. The van der Waals surface area contributed by atoms with Gasteiger partial charge in [-0.15, -0.1) is 0 Å². The van der Waals surface area contributed by atoms with Gasteiger partial charge in [0.1, 0.15) is 29.8 Å². The van der Waals surface area contributed by atoms with Crippen LogP contribution in [0.15, 0.2) is 4.99 Å². The zero-order valence-corrected chi connectivity index (χ0v) is 23.9. The summed E-state index contributed by atoms with van der Waals surface area (Å²) in [7, 11) is 0. The summed E-state index contributed by atoms with van der Waals surface area (Å²) in [5, 5.41) is 10.4. The van der Waals surface area contributed by atoms with Crippen LogP contribution in [0.1, 0.15) is 72.1 Å². The maximum atomic E-state index is 13.7. The average Bonchev–Trinajstić information content (AvgIpc) is 3.23. The number of hydrogen-bond acceptors (Lipinski definition) is 8. The molecule has 5 atom stereocenters. The lowest BCUT2D eigenvalue weighted by molar-refractivity contribution is -0.156. The molecule has 228 valence electrons. The van der Waals surface area contributed by atoms with Gasteiger partial charge in [-0.1, -0.05) is 0 Å². The number of aliphatic imine (C=N–C) groups is 1. The number of amides is 5. The van der Waals surface area contributed by atoms with Crippen molar-refractivity contribution in [1.29, 1.82) is 0 Å². The first kappa shape index (κ1) is 31.6. The van der Waals surface area contributed by atoms with E-state index in [4.69, 9.17) is 16.2 Å². The molecule has 0 spiro atoms. The van der Waals surface area contributed by atoms with E-state index in [1.807, 2.05) is 0 Å². The van der Waals surface area contributed by atoms with E-state index in [-0.39, 0.29) is 25.0 Å². The fourth-order valence-electron chi connectivity index (χ4n) is 5.36. The summed E-state index contributed by atoms with van der Waals surface area (Å²) in [5.74, 6) is -3.83. The number of ether oxygens (including phenoxy) is 1. The number of esters is 1. The number of carbonyl (C=O) groups excluding carboxylic acids is 6. The molecule has 2 bridgehead atoms. The third-order valence-electron chi connectivity index (χ3n) is 7.15. The van der Waals surface area contributed by atoms with E-state index in [2.05, 4.69) is 26.3 Å². The number of nitrogens with zero attached hydrogens (tertiary/aromatic N) is 2. The molecule has 0 aromatic rings. The molecule has 0 aliphatic carbocycles. The normalized spacial score (nSPS) is 27.7. The van der Waals surface area contributed by atoms with Gasteiger partial charge in [-0.25, -0.2) is 0 Å². The third-order valence-corrected chi connectivity index (χ3v) is 7.15. The molecular weight excluding hydrogens is 536 g/mol. The first-order chi connectivity index (χ1) is 19.2. The van der Waals surface area contributed by atoms with Crippen molar-refractivity contribution in [2.75, 3.05) is 13.1 Å². The smallest absolute Gasteiger partial charge is 0.308 e. The summed E-state index contributed by atoms with van der Waals surface area (Å²) in [5.41, 5.74) is 9.91. The zero-order chi connectivity index (χ0) is 30.3. The minimum Gasteiger partial charge on any atom is -0.460 e. The first-order valence-electron chi connectivity index (χ1n) is 14.0. The summed E-state index contributed by atoms with van der Waals surface area (Å²) in [4.78, 5) is 84.2. The summed E-state index contributed by atoms with van der Waals surface area (Å²) in [6.45, 7) is 4.72. The van der Waals surface area contributed by atoms with Crippen LogP contribution < -0.4 is 32.7 Å². The molecular formula is C26H42N8O7. The maximum absolute atomic E-state index is 13.7. The lowest BCUT2D eigenvalue weighted by atomic mass is 10.0. The Labute approximate surface area is 238 Å². The van der Waals surface area contributed by atoms with Gasteiger partial charge in [0.25, 0.3) is 0 Å². The van der Waals surface area contributed by atoms with Crippen molar-refractivity contribution in [2.24, 2.45) is 16.5 Å². The van der Waals surface area contributed by atoms with Crippen LogP contribution in [-0.2, 0) is 33.5 Å². The quantitative estimate of drug-likeness (QED) is 0.0876. The summed E-state index contributed by atoms with van der Waals surface area (Å²) in [6.07, 6.45) is 2.70. The molecule has 15 heteroatoms. The largest absolute Gasteiger partial charge is 0.460 e. The molecule has 41 heavy (non-hydrogen) atoms. The Hall–Kier alpha value is -3.91. The second-order valence-electron chi connectivity index (χ2n) is 11.6. The third kappa shape index (κ3) is 9.05. The molecule has 0 aromatic carbocycles. The Morgan fingerprint density at radius 1 is 0.951 bits per heavy atom. The molecule has 3 heterocycles. The Morgan fingerprint density at radius 3 is 2.37 bits per heavy atom. The molecule has 3 saturated heterocycles. The van der Waals surface area contributed by atoms with Crippen molar-refractivity contribution in [3.05, 3.63) is 0 Å². The lowest BCUT2D eigenvalue weighted by Crippen LogP contribution is -2.58. The molecule has 3 rings (SSSR count). The molecule has 0 unspecified atom stereocenters. The number of rotatable bonds is 6. The topological polar surface area (TPSA) is 227 Å². The van der Waals surface area contributed by atoms with E-state index in [1.54, 1.807) is 20.8 Å². The number of nitrogens with one attached hydrogen (secondary N) is 4. The monoisotopic (exact) mass is 578 g/mol. The molecule has 0 saturated carbocycles. The molecule has 3 fully saturated rings. The highest BCUT2D eigenvalue weighted by Gasteiger charge is 2.45. The number of fused-ring (bicyclic) bond motifs is 1. The van der Waals surface area contributed by atoms with Gasteiger partial charge in [0.15, 0.2) is 5.96 Å². The summed E-state index contributed by atoms with van der Waals surface area (Å²) >= 11 is 0. The van der Waals surface area contributed by atoms with Gasteiger partial charge in [0.05, 0.1) is 13.0 Å². The standard InChI is InChI=1S/C26H42N8O7/c1-26(2,3)41-20(36)12-17-22(38)33-16-7-4-6-14-9-10-18(34(14)24(16)40)23(39)32-15(8-5-11-29-25(27)28)21(37)30-13-19(35)31-17/h14-18H,4-13H2,1-3H3,(H,30,37)(H,31,35)(H,32,39)(H,33,38)(H4,27,28,29)/t14-,15+,16-,17+,18+/m1/s1. The van der Waals surface area contributed by atoms with Crippen LogP contribution in [0.3, 0.4) is 0 Å². The Bertz CT molecular complexity index is 1070. The van der Waals surface area contributed by atoms with Gasteiger partial charge in [-0.2, -0.15) is 0 Å². The Morgan fingerprint density at radius 2 is 1.68 bits per heavy atom. The molecule has 5 amide bonds. The number of guanidine groups is 1. The van der Waals surface area contributed by atoms with Crippen molar-refractivity contribution in [3.8, 4) is 0 Å². The van der Waals surface area contributed by atoms with Crippen molar-refractivity contribution in [1.82, 2.24) is 26.2 Å². The predicted octanol–water partition coefficient (Wildman–Crippen LogP) is -2.10. The lowest BCUT2D eigenvalue weighted by Gasteiger charge is -2.31. The van der Waals surface area contributed by atoms with Crippen molar-refractivity contribution in [3.63, 3.8) is 0 Å². The van der Waals surface area contributed by atoms with E-state index < -0.39 is 78.2 Å². The molecule has 0 aromatic heterocycles. The zero-order valence-electron chi connectivity index (χ0n) is 23.9. The molecule has 0 radical (unpaired) electrons. The van der Waals surface area contributed by atoms with Crippen LogP contribution in [0.2, 0.25) is 0 Å². The second kappa shape index (κ2) is 13.6. The van der Waals surface area contributed by atoms with Gasteiger partial charge in [-0.3, -0.25) is 33.8 Å². The van der Waals surface area contributed by atoms with Crippen molar-refractivity contribution >= 4 is 41.5 Å². The highest BCUT2D eigenvalue weighted by molar-refractivity contribution is 5.98. The number of nitrogens with two attached hydrogens (primary N) is 2. The molecule has 3 aliphatic heterocycles. The average molecular weight is 579 g/mol. The number of carbonyl (C=O) groups is 6. The van der Waals surface area contributed by atoms with Crippen LogP contribution in [-0.4, -0.2) is 95.3 Å². The van der Waals surface area contributed by atoms with Gasteiger partial charge in [0.2, 0.25) is 29.5 Å². The molecule has 3 aliphatic rings. The first-order valence-corrected chi connectivity index (χ1v) is 14.0. The molecule has 15 nitrogen and oxygen atoms in total.